The highest BCUT2D eigenvalue weighted by Gasteiger charge is 2.55. The second-order valence-electron chi connectivity index (χ2n) is 6.11. The van der Waals surface area contributed by atoms with Crippen molar-refractivity contribution in [1.29, 1.82) is 0 Å². The Balaban J connectivity index is 1.69. The van der Waals surface area contributed by atoms with Gasteiger partial charge in [0.2, 0.25) is 10.0 Å². The van der Waals surface area contributed by atoms with E-state index in [2.05, 4.69) is 4.98 Å². The maximum absolute atomic E-state index is 12.7. The van der Waals surface area contributed by atoms with Gasteiger partial charge in [-0.15, -0.1) is 0 Å². The summed E-state index contributed by atoms with van der Waals surface area (Å²) in [4.78, 5) is 3.18. The van der Waals surface area contributed by atoms with Gasteiger partial charge in [0.15, 0.2) is 0 Å². The van der Waals surface area contributed by atoms with Gasteiger partial charge in [0, 0.05) is 35.9 Å². The van der Waals surface area contributed by atoms with Crippen LogP contribution in [0.4, 0.5) is 5.69 Å². The zero-order chi connectivity index (χ0) is 14.8. The van der Waals surface area contributed by atoms with Gasteiger partial charge in [0.25, 0.3) is 0 Å². The molecule has 7 heteroatoms. The van der Waals surface area contributed by atoms with E-state index in [1.165, 1.54) is 10.5 Å². The monoisotopic (exact) mass is 307 g/mol. The highest BCUT2D eigenvalue weighted by molar-refractivity contribution is 7.89. The first kappa shape index (κ1) is 13.1. The number of β-amino-alcohol motifs (C(OH)–C–C–N with tert-alkyl or cyclic N) is 1. The zero-order valence-corrected chi connectivity index (χ0v) is 12.2. The Kier molecular flexibility index (Phi) is 2.50. The summed E-state index contributed by atoms with van der Waals surface area (Å²) in [6.07, 6.45) is 3.48. The van der Waals surface area contributed by atoms with E-state index < -0.39 is 15.6 Å². The van der Waals surface area contributed by atoms with Crippen LogP contribution in [0.1, 0.15) is 12.8 Å². The lowest BCUT2D eigenvalue weighted by molar-refractivity contribution is -0.0764. The third-order valence-electron chi connectivity index (χ3n) is 4.52. The summed E-state index contributed by atoms with van der Waals surface area (Å²) in [5.74, 6) is 0.266. The number of sulfonamides is 1. The van der Waals surface area contributed by atoms with Crippen molar-refractivity contribution in [2.24, 2.45) is 5.92 Å². The molecule has 1 saturated heterocycles. The fourth-order valence-corrected chi connectivity index (χ4v) is 4.80. The first-order chi connectivity index (χ1) is 9.90. The van der Waals surface area contributed by atoms with Crippen LogP contribution in [0.3, 0.4) is 0 Å². The number of aromatic nitrogens is 1. The van der Waals surface area contributed by atoms with E-state index in [-0.39, 0.29) is 23.9 Å². The molecule has 1 aliphatic heterocycles. The highest BCUT2D eigenvalue weighted by atomic mass is 32.2. The van der Waals surface area contributed by atoms with Crippen LogP contribution in [0, 0.1) is 5.92 Å². The van der Waals surface area contributed by atoms with Crippen LogP contribution in [0.15, 0.2) is 29.3 Å². The topological polar surface area (TPSA) is 99.4 Å². The van der Waals surface area contributed by atoms with E-state index in [9.17, 15) is 13.5 Å². The van der Waals surface area contributed by atoms with Crippen LogP contribution in [-0.2, 0) is 10.0 Å². The van der Waals surface area contributed by atoms with Crippen LogP contribution < -0.4 is 5.73 Å². The molecule has 0 spiro atoms. The number of hydrogen-bond acceptors (Lipinski definition) is 4. The van der Waals surface area contributed by atoms with Crippen LogP contribution in [-0.4, -0.2) is 41.5 Å². The summed E-state index contributed by atoms with van der Waals surface area (Å²) in [6.45, 7) is 0.379. The van der Waals surface area contributed by atoms with Crippen molar-refractivity contribution in [1.82, 2.24) is 9.29 Å². The summed E-state index contributed by atoms with van der Waals surface area (Å²) >= 11 is 0. The smallest absolute Gasteiger partial charge is 0.245 e. The van der Waals surface area contributed by atoms with Gasteiger partial charge >= 0.3 is 0 Å². The third kappa shape index (κ3) is 1.88. The highest BCUT2D eigenvalue weighted by Crippen LogP contribution is 2.46. The molecule has 1 aliphatic carbocycles. The van der Waals surface area contributed by atoms with Gasteiger partial charge in [-0.25, -0.2) is 8.42 Å². The largest absolute Gasteiger partial charge is 0.399 e. The molecular weight excluding hydrogens is 290 g/mol. The Morgan fingerprint density at radius 3 is 2.71 bits per heavy atom. The fraction of sp³-hybridized carbons (Fsp3) is 0.429. The van der Waals surface area contributed by atoms with Crippen LogP contribution in [0.25, 0.3) is 10.9 Å². The zero-order valence-electron chi connectivity index (χ0n) is 11.4. The van der Waals surface area contributed by atoms with Crippen molar-refractivity contribution in [2.75, 3.05) is 18.8 Å². The first-order valence-corrected chi connectivity index (χ1v) is 8.43. The second kappa shape index (κ2) is 4.00. The Bertz CT molecular complexity index is 817. The molecule has 4 N–H and O–H groups in total. The predicted molar refractivity (Wildman–Crippen MR) is 79.1 cm³/mol. The van der Waals surface area contributed by atoms with Crippen molar-refractivity contribution >= 4 is 26.6 Å². The lowest BCUT2D eigenvalue weighted by Gasteiger charge is -2.45. The maximum Gasteiger partial charge on any atom is 0.245 e. The van der Waals surface area contributed by atoms with Crippen molar-refractivity contribution < 1.29 is 13.5 Å². The van der Waals surface area contributed by atoms with E-state index >= 15 is 0 Å². The normalized spacial score (nSPS) is 22.3. The number of fused-ring (bicyclic) bond motifs is 1. The molecule has 1 aromatic heterocycles. The summed E-state index contributed by atoms with van der Waals surface area (Å²) < 4.78 is 26.7. The molecule has 21 heavy (non-hydrogen) atoms. The van der Waals surface area contributed by atoms with Gasteiger partial charge in [0.1, 0.15) is 4.90 Å². The standard InChI is InChI=1S/C14H17N3O3S/c15-10-3-4-12-11(5-10)13(6-16-12)21(19,20)17-7-14(18,8-17)9-1-2-9/h3-6,9,16,18H,1-2,7-8,15H2. The number of nitrogens with one attached hydrogen (secondary N) is 1. The minimum absolute atomic E-state index is 0.189. The molecule has 112 valence electrons. The SMILES string of the molecule is Nc1ccc2[nH]cc(S(=O)(=O)N3CC(O)(C4CC4)C3)c2c1. The second-order valence-corrected chi connectivity index (χ2v) is 8.02. The summed E-state index contributed by atoms with van der Waals surface area (Å²) in [7, 11) is -3.59. The molecule has 0 amide bonds. The van der Waals surface area contributed by atoms with Crippen molar-refractivity contribution in [2.45, 2.75) is 23.3 Å². The molecule has 2 aliphatic rings. The molecular formula is C14H17N3O3S. The van der Waals surface area contributed by atoms with E-state index in [1.807, 2.05) is 0 Å². The van der Waals surface area contributed by atoms with Crippen LogP contribution in [0.5, 0.6) is 0 Å². The van der Waals surface area contributed by atoms with E-state index in [1.54, 1.807) is 18.2 Å². The summed E-state index contributed by atoms with van der Waals surface area (Å²) in [6, 6.07) is 5.15. The van der Waals surface area contributed by atoms with E-state index in [4.69, 9.17) is 5.73 Å². The van der Waals surface area contributed by atoms with Gasteiger partial charge in [-0.2, -0.15) is 4.31 Å². The molecule has 2 fully saturated rings. The maximum atomic E-state index is 12.7. The molecule has 2 heterocycles. The molecule has 2 aromatic rings. The predicted octanol–water partition coefficient (Wildman–Crippen LogP) is 0.895. The van der Waals surface area contributed by atoms with Crippen LogP contribution in [0.2, 0.25) is 0 Å². The van der Waals surface area contributed by atoms with Gasteiger partial charge in [0.05, 0.1) is 5.60 Å². The number of benzene rings is 1. The average Bonchev–Trinajstić information content (AvgIpc) is 3.15. The molecule has 0 radical (unpaired) electrons. The number of nitrogen functional groups attached to an aromatic ring is 1. The molecule has 0 atom stereocenters. The Morgan fingerprint density at radius 1 is 1.33 bits per heavy atom. The van der Waals surface area contributed by atoms with E-state index in [0.29, 0.717) is 11.1 Å². The number of aromatic amines is 1. The number of nitrogens with two attached hydrogens (primary N) is 1. The molecule has 4 rings (SSSR count). The lowest BCUT2D eigenvalue weighted by Crippen LogP contribution is -2.64. The number of hydrogen-bond donors (Lipinski definition) is 3. The number of nitrogens with zero attached hydrogens (tertiary/aromatic N) is 1. The van der Waals surface area contributed by atoms with Gasteiger partial charge < -0.3 is 15.8 Å². The Hall–Kier alpha value is -1.57. The fourth-order valence-electron chi connectivity index (χ4n) is 3.08. The number of aliphatic hydroxyl groups is 1. The molecule has 1 saturated carbocycles. The van der Waals surface area contributed by atoms with Crippen LogP contribution >= 0.6 is 0 Å². The minimum Gasteiger partial charge on any atom is -0.399 e. The Morgan fingerprint density at radius 2 is 2.05 bits per heavy atom. The molecule has 0 bridgehead atoms. The molecule has 1 aromatic carbocycles. The first-order valence-electron chi connectivity index (χ1n) is 6.99. The molecule has 0 unspecified atom stereocenters. The van der Waals surface area contributed by atoms with Gasteiger partial charge in [-0.3, -0.25) is 0 Å². The van der Waals surface area contributed by atoms with Gasteiger partial charge in [-0.1, -0.05) is 0 Å². The van der Waals surface area contributed by atoms with Crippen molar-refractivity contribution in [3.63, 3.8) is 0 Å². The quantitative estimate of drug-likeness (QED) is 0.733. The van der Waals surface area contributed by atoms with E-state index in [0.717, 1.165) is 18.4 Å². The third-order valence-corrected chi connectivity index (χ3v) is 6.35. The summed E-state index contributed by atoms with van der Waals surface area (Å²) in [5.41, 5.74) is 6.19. The van der Waals surface area contributed by atoms with Crippen molar-refractivity contribution in [3.8, 4) is 0 Å². The lowest BCUT2D eigenvalue weighted by atomic mass is 9.91. The number of H-pyrrole nitrogens is 1. The molecule has 6 nitrogen and oxygen atoms in total. The minimum atomic E-state index is -3.59. The summed E-state index contributed by atoms with van der Waals surface area (Å²) in [5, 5.41) is 10.9. The average molecular weight is 307 g/mol. The number of rotatable bonds is 3. The number of anilines is 1. The Labute approximate surface area is 122 Å². The van der Waals surface area contributed by atoms with Gasteiger partial charge in [-0.05, 0) is 37.0 Å². The van der Waals surface area contributed by atoms with Crippen molar-refractivity contribution in [3.05, 3.63) is 24.4 Å².